The molecule has 5 heteroatoms. The highest BCUT2D eigenvalue weighted by atomic mass is 31.2. The Hall–Kier alpha value is 0.110. The van der Waals surface area contributed by atoms with Crippen LogP contribution in [0.2, 0.25) is 0 Å². The molecular formula is C54H111O4P. The van der Waals surface area contributed by atoms with Gasteiger partial charge in [0.1, 0.15) is 0 Å². The van der Waals surface area contributed by atoms with Gasteiger partial charge in [-0.3, -0.25) is 13.6 Å². The van der Waals surface area contributed by atoms with E-state index in [9.17, 15) is 0 Å². The summed E-state index contributed by atoms with van der Waals surface area (Å²) in [5, 5.41) is 0. The molecule has 0 aromatic rings. The molecule has 0 aliphatic rings. The second-order valence-corrected chi connectivity index (χ2v) is 29.9. The summed E-state index contributed by atoms with van der Waals surface area (Å²) in [6.45, 7) is 57.7. The predicted octanol–water partition coefficient (Wildman–Crippen LogP) is 18.8. The minimum absolute atomic E-state index is 0.201. The SMILES string of the molecule is CC(CCC(COP(=O)(OCC(CCC(C)CC(C)(C)C)C(C)CC(C)(C)C)OCC(CCC(C)CC(C)(C)C)C(C)CC(C)(C)C)C(C)CC(C)(C)C)CC(C)(C)C. The van der Waals surface area contributed by atoms with E-state index >= 15 is 4.57 Å². The third kappa shape index (κ3) is 32.4. The molecule has 9 atom stereocenters. The minimum atomic E-state index is -3.90. The molecule has 0 radical (unpaired) electrons. The zero-order valence-electron chi connectivity index (χ0n) is 44.9. The molecule has 0 saturated carbocycles. The Kier molecular flexibility index (Phi) is 25.0. The Labute approximate surface area is 373 Å². The summed E-state index contributed by atoms with van der Waals surface area (Å²) in [7, 11) is -3.90. The smallest absolute Gasteiger partial charge is 0.287 e. The normalized spacial score (nSPS) is 19.7. The average Bonchev–Trinajstić information content (AvgIpc) is 2.95. The van der Waals surface area contributed by atoms with Crippen LogP contribution in [0.15, 0.2) is 0 Å². The van der Waals surface area contributed by atoms with E-state index in [-0.39, 0.29) is 34.0 Å². The summed E-state index contributed by atoms with van der Waals surface area (Å²) in [5.74, 6) is 3.98. The Balaban J connectivity index is 6.81. The topological polar surface area (TPSA) is 44.8 Å². The van der Waals surface area contributed by atoms with Gasteiger partial charge in [0.15, 0.2) is 0 Å². The van der Waals surface area contributed by atoms with E-state index in [1.807, 2.05) is 0 Å². The lowest BCUT2D eigenvalue weighted by Crippen LogP contribution is -2.26. The number of hydrogen-bond donors (Lipinski definition) is 0. The summed E-state index contributed by atoms with van der Waals surface area (Å²) < 4.78 is 35.5. The van der Waals surface area contributed by atoms with E-state index in [2.05, 4.69) is 166 Å². The molecule has 0 bridgehead atoms. The molecule has 0 saturated heterocycles. The maximum Gasteiger partial charge on any atom is 0.474 e. The van der Waals surface area contributed by atoms with Crippen molar-refractivity contribution in [1.82, 2.24) is 0 Å². The van der Waals surface area contributed by atoms with Crippen molar-refractivity contribution in [2.75, 3.05) is 19.8 Å². The van der Waals surface area contributed by atoms with Crippen molar-refractivity contribution < 1.29 is 18.1 Å². The Morgan fingerprint density at radius 2 is 0.508 bits per heavy atom. The molecule has 0 aliphatic heterocycles. The first-order valence-electron chi connectivity index (χ1n) is 24.8. The number of phosphoric acid groups is 1. The van der Waals surface area contributed by atoms with Crippen LogP contribution in [-0.4, -0.2) is 19.8 Å². The fourth-order valence-corrected chi connectivity index (χ4v) is 12.0. The molecule has 0 rings (SSSR count). The van der Waals surface area contributed by atoms with Gasteiger partial charge in [-0.25, -0.2) is 4.57 Å². The molecule has 0 heterocycles. The van der Waals surface area contributed by atoms with Crippen molar-refractivity contribution in [2.45, 2.75) is 243 Å². The van der Waals surface area contributed by atoms with Crippen LogP contribution in [0.5, 0.6) is 0 Å². The molecule has 0 N–H and O–H groups in total. The van der Waals surface area contributed by atoms with Crippen LogP contribution in [0.4, 0.5) is 0 Å². The highest BCUT2D eigenvalue weighted by Crippen LogP contribution is 2.53. The molecule has 59 heavy (non-hydrogen) atoms. The van der Waals surface area contributed by atoms with Crippen molar-refractivity contribution in [3.8, 4) is 0 Å². The van der Waals surface area contributed by atoms with E-state index in [0.29, 0.717) is 71.6 Å². The first kappa shape index (κ1) is 59.1. The van der Waals surface area contributed by atoms with Gasteiger partial charge in [0.2, 0.25) is 0 Å². The molecule has 0 spiro atoms. The van der Waals surface area contributed by atoms with Crippen LogP contribution in [0.1, 0.15) is 243 Å². The van der Waals surface area contributed by atoms with E-state index < -0.39 is 7.82 Å². The van der Waals surface area contributed by atoms with Crippen LogP contribution in [-0.2, 0) is 18.1 Å². The quantitative estimate of drug-likeness (QED) is 0.0772. The van der Waals surface area contributed by atoms with Gasteiger partial charge in [0.25, 0.3) is 0 Å². The Morgan fingerprint density at radius 1 is 0.322 bits per heavy atom. The first-order valence-corrected chi connectivity index (χ1v) is 26.3. The number of rotatable bonds is 27. The van der Waals surface area contributed by atoms with E-state index in [1.165, 1.54) is 19.3 Å². The summed E-state index contributed by atoms with van der Waals surface area (Å²) in [6.07, 6.45) is 13.5. The summed E-state index contributed by atoms with van der Waals surface area (Å²) >= 11 is 0. The fraction of sp³-hybridized carbons (Fsp3) is 1.00. The summed E-state index contributed by atoms with van der Waals surface area (Å²) in [5.41, 5.74) is 1.51. The molecular weight excluding hydrogens is 744 g/mol. The summed E-state index contributed by atoms with van der Waals surface area (Å²) in [4.78, 5) is 0. The molecule has 4 nitrogen and oxygen atoms in total. The van der Waals surface area contributed by atoms with E-state index in [4.69, 9.17) is 13.6 Å². The first-order chi connectivity index (χ1) is 26.3. The Bertz CT molecular complexity index is 1010. The monoisotopic (exact) mass is 855 g/mol. The molecule has 0 aliphatic carbocycles. The second kappa shape index (κ2) is 25.0. The van der Waals surface area contributed by atoms with Crippen LogP contribution in [0.25, 0.3) is 0 Å². The van der Waals surface area contributed by atoms with E-state index in [0.717, 1.165) is 57.8 Å². The van der Waals surface area contributed by atoms with Gasteiger partial charge >= 0.3 is 7.82 Å². The standard InChI is InChI=1S/C54H111O4P/c1-40(31-49(7,8)9)25-28-46(43(4)34-52(16,17)18)37-56-59(55,57-38-47(44(5)35-53(19,20)21)29-26-41(2)32-50(10,11)12)58-39-48(45(6)36-54(22,23)24)30-27-42(3)33-51(13,14)15/h40-48H,25-39H2,1-24H3. The van der Waals surface area contributed by atoms with Crippen molar-refractivity contribution in [3.63, 3.8) is 0 Å². The van der Waals surface area contributed by atoms with Crippen LogP contribution in [0.3, 0.4) is 0 Å². The highest BCUT2D eigenvalue weighted by Gasteiger charge is 2.36. The van der Waals surface area contributed by atoms with Crippen molar-refractivity contribution in [3.05, 3.63) is 0 Å². The maximum absolute atomic E-state index is 15.4. The fourth-order valence-electron chi connectivity index (χ4n) is 10.6. The van der Waals surface area contributed by atoms with E-state index in [1.54, 1.807) is 0 Å². The Morgan fingerprint density at radius 3 is 0.678 bits per heavy atom. The molecule has 0 aromatic carbocycles. The van der Waals surface area contributed by atoms with Crippen molar-refractivity contribution in [1.29, 1.82) is 0 Å². The number of hydrogen-bond acceptors (Lipinski definition) is 4. The minimum Gasteiger partial charge on any atom is -0.287 e. The predicted molar refractivity (Wildman–Crippen MR) is 263 cm³/mol. The molecule has 0 amide bonds. The van der Waals surface area contributed by atoms with Crippen molar-refractivity contribution in [2.24, 2.45) is 85.8 Å². The average molecular weight is 855 g/mol. The zero-order valence-corrected chi connectivity index (χ0v) is 45.8. The van der Waals surface area contributed by atoms with Gasteiger partial charge in [0.05, 0.1) is 19.8 Å². The molecule has 9 unspecified atom stereocenters. The lowest BCUT2D eigenvalue weighted by molar-refractivity contribution is 0.0454. The maximum atomic E-state index is 15.4. The summed E-state index contributed by atoms with van der Waals surface area (Å²) in [6, 6.07) is 0. The highest BCUT2D eigenvalue weighted by molar-refractivity contribution is 7.48. The lowest BCUT2D eigenvalue weighted by atomic mass is 9.76. The third-order valence-electron chi connectivity index (χ3n) is 12.5. The van der Waals surface area contributed by atoms with Crippen LogP contribution in [0, 0.1) is 85.8 Å². The molecule has 0 aromatic heterocycles. The van der Waals surface area contributed by atoms with Crippen LogP contribution >= 0.6 is 7.82 Å². The lowest BCUT2D eigenvalue weighted by Gasteiger charge is -2.34. The zero-order chi connectivity index (χ0) is 46.4. The van der Waals surface area contributed by atoms with Crippen LogP contribution < -0.4 is 0 Å². The second-order valence-electron chi connectivity index (χ2n) is 28.2. The largest absolute Gasteiger partial charge is 0.474 e. The third-order valence-corrected chi connectivity index (χ3v) is 13.9. The molecule has 356 valence electrons. The van der Waals surface area contributed by atoms with Gasteiger partial charge in [-0.05, 0) is 144 Å². The van der Waals surface area contributed by atoms with Gasteiger partial charge in [-0.2, -0.15) is 0 Å². The van der Waals surface area contributed by atoms with Gasteiger partial charge < -0.3 is 0 Å². The van der Waals surface area contributed by atoms with Crippen molar-refractivity contribution >= 4 is 7.82 Å². The number of phosphoric ester groups is 1. The van der Waals surface area contributed by atoms with Gasteiger partial charge in [-0.1, -0.05) is 185 Å². The van der Waals surface area contributed by atoms with Gasteiger partial charge in [0, 0.05) is 0 Å². The molecule has 0 fully saturated rings. The van der Waals surface area contributed by atoms with Gasteiger partial charge in [-0.15, -0.1) is 0 Å².